The molecular weight excluding hydrogens is 225 g/mol. The van der Waals surface area contributed by atoms with Gasteiger partial charge in [0.2, 0.25) is 5.91 Å². The van der Waals surface area contributed by atoms with Gasteiger partial charge < -0.3 is 14.7 Å². The molecule has 0 radical (unpaired) electrons. The van der Waals surface area contributed by atoms with Gasteiger partial charge in [0, 0.05) is 37.2 Å². The minimum atomic E-state index is -0.457. The van der Waals surface area contributed by atoms with E-state index in [0.29, 0.717) is 18.7 Å². The number of anilines is 1. The molecule has 2 rings (SSSR count). The summed E-state index contributed by atoms with van der Waals surface area (Å²) in [5.74, 6) is -0.444. The lowest BCUT2D eigenvalue weighted by Gasteiger charge is -2.17. The number of aliphatic hydroxyl groups is 1. The van der Waals surface area contributed by atoms with Gasteiger partial charge in [0.05, 0.1) is 7.11 Å². The molecule has 17 heavy (non-hydrogen) atoms. The lowest BCUT2D eigenvalue weighted by Crippen LogP contribution is -2.24. The van der Waals surface area contributed by atoms with Crippen LogP contribution in [0.2, 0.25) is 0 Å². The van der Waals surface area contributed by atoms with E-state index >= 15 is 0 Å². The Bertz CT molecular complexity index is 436. The zero-order valence-corrected chi connectivity index (χ0v) is 9.52. The Morgan fingerprint density at radius 1 is 1.59 bits per heavy atom. The molecule has 1 saturated heterocycles. The number of hydrogen-bond acceptors (Lipinski definition) is 3. The lowest BCUT2D eigenvalue weighted by atomic mass is 10.1. The number of carbonyl (C=O) groups excluding carboxylic acids is 1. The number of nitrogens with zero attached hydrogens (tertiary/aromatic N) is 1. The molecule has 92 valence electrons. The number of rotatable bonds is 3. The van der Waals surface area contributed by atoms with Crippen molar-refractivity contribution in [3.8, 4) is 5.75 Å². The predicted molar refractivity (Wildman–Crippen MR) is 60.5 cm³/mol. The van der Waals surface area contributed by atoms with E-state index in [9.17, 15) is 9.18 Å². The molecule has 1 heterocycles. The van der Waals surface area contributed by atoms with Crippen LogP contribution in [-0.2, 0) is 4.79 Å². The maximum absolute atomic E-state index is 13.2. The molecule has 0 bridgehead atoms. The summed E-state index contributed by atoms with van der Waals surface area (Å²) < 4.78 is 18.1. The van der Waals surface area contributed by atoms with Crippen molar-refractivity contribution in [3.63, 3.8) is 0 Å². The average molecular weight is 239 g/mol. The SMILES string of the molecule is COc1cc(N2CC(CO)CC2=O)ccc1F. The van der Waals surface area contributed by atoms with Gasteiger partial charge in [0.25, 0.3) is 0 Å². The topological polar surface area (TPSA) is 49.8 Å². The van der Waals surface area contributed by atoms with Crippen LogP contribution in [0.1, 0.15) is 6.42 Å². The second kappa shape index (κ2) is 4.71. The van der Waals surface area contributed by atoms with E-state index < -0.39 is 5.82 Å². The summed E-state index contributed by atoms with van der Waals surface area (Å²) >= 11 is 0. The second-order valence-electron chi connectivity index (χ2n) is 4.08. The molecule has 1 aromatic carbocycles. The maximum atomic E-state index is 13.2. The molecule has 4 nitrogen and oxygen atoms in total. The zero-order chi connectivity index (χ0) is 12.4. The zero-order valence-electron chi connectivity index (χ0n) is 9.52. The Morgan fingerprint density at radius 2 is 2.35 bits per heavy atom. The fourth-order valence-corrected chi connectivity index (χ4v) is 1.97. The molecule has 1 amide bonds. The van der Waals surface area contributed by atoms with Crippen molar-refractivity contribution < 1.29 is 19.0 Å². The number of amides is 1. The number of benzene rings is 1. The number of carbonyl (C=O) groups is 1. The predicted octanol–water partition coefficient (Wildman–Crippen LogP) is 1.18. The smallest absolute Gasteiger partial charge is 0.227 e. The van der Waals surface area contributed by atoms with E-state index in [2.05, 4.69) is 0 Å². The van der Waals surface area contributed by atoms with Gasteiger partial charge in [-0.2, -0.15) is 0 Å². The molecule has 0 spiro atoms. The van der Waals surface area contributed by atoms with Crippen LogP contribution in [0.15, 0.2) is 18.2 Å². The molecule has 1 unspecified atom stereocenters. The van der Waals surface area contributed by atoms with Gasteiger partial charge in [-0.15, -0.1) is 0 Å². The van der Waals surface area contributed by atoms with E-state index in [1.54, 1.807) is 4.90 Å². The number of hydrogen-bond donors (Lipinski definition) is 1. The second-order valence-corrected chi connectivity index (χ2v) is 4.08. The van der Waals surface area contributed by atoms with Crippen molar-refractivity contribution in [2.75, 3.05) is 25.2 Å². The molecule has 1 atom stereocenters. The van der Waals surface area contributed by atoms with E-state index in [0.717, 1.165) is 0 Å². The van der Waals surface area contributed by atoms with Crippen LogP contribution in [0.4, 0.5) is 10.1 Å². The standard InChI is InChI=1S/C12H14FNO3/c1-17-11-5-9(2-3-10(11)13)14-6-8(7-15)4-12(14)16/h2-3,5,8,15H,4,6-7H2,1H3. The van der Waals surface area contributed by atoms with Crippen molar-refractivity contribution in [1.29, 1.82) is 0 Å². The average Bonchev–Trinajstić information content (AvgIpc) is 2.71. The maximum Gasteiger partial charge on any atom is 0.227 e. The largest absolute Gasteiger partial charge is 0.494 e. The van der Waals surface area contributed by atoms with Gasteiger partial charge in [-0.25, -0.2) is 4.39 Å². The first kappa shape index (κ1) is 11.9. The Morgan fingerprint density at radius 3 is 2.94 bits per heavy atom. The minimum Gasteiger partial charge on any atom is -0.494 e. The molecule has 1 aliphatic heterocycles. The van der Waals surface area contributed by atoms with E-state index in [4.69, 9.17) is 9.84 Å². The highest BCUT2D eigenvalue weighted by molar-refractivity contribution is 5.95. The number of ether oxygens (including phenoxy) is 1. The van der Waals surface area contributed by atoms with Gasteiger partial charge >= 0.3 is 0 Å². The highest BCUT2D eigenvalue weighted by Gasteiger charge is 2.30. The summed E-state index contributed by atoms with van der Waals surface area (Å²) in [4.78, 5) is 13.3. The molecule has 1 N–H and O–H groups in total. The third kappa shape index (κ3) is 2.24. The summed E-state index contributed by atoms with van der Waals surface area (Å²) in [5, 5.41) is 9.03. The van der Waals surface area contributed by atoms with E-state index in [1.165, 1.54) is 25.3 Å². The Hall–Kier alpha value is -1.62. The van der Waals surface area contributed by atoms with E-state index in [1.807, 2.05) is 0 Å². The lowest BCUT2D eigenvalue weighted by molar-refractivity contribution is -0.117. The van der Waals surface area contributed by atoms with Gasteiger partial charge in [0.15, 0.2) is 11.6 Å². The van der Waals surface area contributed by atoms with Crippen molar-refractivity contribution >= 4 is 11.6 Å². The number of methoxy groups -OCH3 is 1. The monoisotopic (exact) mass is 239 g/mol. The Labute approximate surface area is 98.6 Å². The van der Waals surface area contributed by atoms with Crippen LogP contribution in [0.5, 0.6) is 5.75 Å². The van der Waals surface area contributed by atoms with Crippen LogP contribution in [0.3, 0.4) is 0 Å². The van der Waals surface area contributed by atoms with Crippen molar-refractivity contribution in [2.24, 2.45) is 5.92 Å². The first-order chi connectivity index (χ1) is 8.15. The molecule has 1 aromatic rings. The van der Waals surface area contributed by atoms with Crippen LogP contribution in [-0.4, -0.2) is 31.3 Å². The minimum absolute atomic E-state index is 0.0133. The highest BCUT2D eigenvalue weighted by Crippen LogP contribution is 2.29. The summed E-state index contributed by atoms with van der Waals surface area (Å²) in [5.41, 5.74) is 0.601. The first-order valence-electron chi connectivity index (χ1n) is 5.40. The fraction of sp³-hybridized carbons (Fsp3) is 0.417. The third-order valence-corrected chi connectivity index (χ3v) is 2.91. The van der Waals surface area contributed by atoms with E-state index in [-0.39, 0.29) is 24.2 Å². The highest BCUT2D eigenvalue weighted by atomic mass is 19.1. The summed E-state index contributed by atoms with van der Waals surface area (Å²) in [7, 11) is 1.38. The van der Waals surface area contributed by atoms with Crippen molar-refractivity contribution in [3.05, 3.63) is 24.0 Å². The summed E-state index contributed by atoms with van der Waals surface area (Å²) in [6.07, 6.45) is 0.330. The van der Waals surface area contributed by atoms with Crippen molar-refractivity contribution in [2.45, 2.75) is 6.42 Å². The van der Waals surface area contributed by atoms with Gasteiger partial charge in [-0.05, 0) is 12.1 Å². The number of aliphatic hydroxyl groups excluding tert-OH is 1. The van der Waals surface area contributed by atoms with Gasteiger partial charge in [-0.1, -0.05) is 0 Å². The molecule has 0 aliphatic carbocycles. The van der Waals surface area contributed by atoms with Crippen LogP contribution in [0.25, 0.3) is 0 Å². The molecule has 1 aliphatic rings. The Kier molecular flexibility index (Phi) is 3.28. The molecular formula is C12H14FNO3. The van der Waals surface area contributed by atoms with Crippen LogP contribution < -0.4 is 9.64 Å². The number of halogens is 1. The van der Waals surface area contributed by atoms with Crippen LogP contribution in [0, 0.1) is 11.7 Å². The van der Waals surface area contributed by atoms with Crippen molar-refractivity contribution in [1.82, 2.24) is 0 Å². The quantitative estimate of drug-likeness (QED) is 0.861. The summed E-state index contributed by atoms with van der Waals surface area (Å²) in [6, 6.07) is 4.30. The first-order valence-corrected chi connectivity index (χ1v) is 5.40. The summed E-state index contributed by atoms with van der Waals surface area (Å²) in [6.45, 7) is 0.449. The van der Waals surface area contributed by atoms with Gasteiger partial charge in [-0.3, -0.25) is 4.79 Å². The molecule has 0 saturated carbocycles. The molecule has 1 fully saturated rings. The molecule has 5 heteroatoms. The normalized spacial score (nSPS) is 19.8. The third-order valence-electron chi connectivity index (χ3n) is 2.91. The van der Waals surface area contributed by atoms with Crippen LogP contribution >= 0.6 is 0 Å². The Balaban J connectivity index is 2.26. The van der Waals surface area contributed by atoms with Gasteiger partial charge in [0.1, 0.15) is 0 Å². The molecule has 0 aromatic heterocycles. The fourth-order valence-electron chi connectivity index (χ4n) is 1.97.